The molecule has 0 saturated heterocycles. The number of carbonyl (C=O) groups is 4. The van der Waals surface area contributed by atoms with E-state index in [2.05, 4.69) is 41.5 Å². The topological polar surface area (TPSA) is 105 Å². The van der Waals surface area contributed by atoms with Crippen LogP contribution in [-0.2, 0) is 18.9 Å². The third-order valence-corrected chi connectivity index (χ3v) is 24.0. The Labute approximate surface area is 432 Å². The van der Waals surface area contributed by atoms with Crippen LogP contribution in [0.1, 0.15) is 224 Å². The van der Waals surface area contributed by atoms with Gasteiger partial charge in [0.2, 0.25) is 0 Å². The largest absolute Gasteiger partial charge is 0.462 e. The van der Waals surface area contributed by atoms with Crippen molar-refractivity contribution in [2.24, 2.45) is 92.7 Å². The molecule has 6 aliphatic heterocycles. The second kappa shape index (κ2) is 19.8. The number of rotatable bonds is 0. The number of hydrogen-bond donors (Lipinski definition) is 0. The molecule has 8 saturated carbocycles. The molecule has 0 amide bonds. The summed E-state index contributed by atoms with van der Waals surface area (Å²) in [6.07, 6.45) is 24.7. The highest BCUT2D eigenvalue weighted by Crippen LogP contribution is 2.70. The summed E-state index contributed by atoms with van der Waals surface area (Å²) in [7, 11) is 0. The summed E-state index contributed by atoms with van der Waals surface area (Å²) in [6.45, 7) is 16.0. The first-order chi connectivity index (χ1) is 34.6. The molecule has 2 aromatic rings. The van der Waals surface area contributed by atoms with Gasteiger partial charge in [0.25, 0.3) is 0 Å². The average molecular weight is 985 g/mol. The van der Waals surface area contributed by atoms with Gasteiger partial charge in [-0.25, -0.2) is 19.2 Å². The van der Waals surface area contributed by atoms with Gasteiger partial charge in [0.1, 0.15) is 12.2 Å². The van der Waals surface area contributed by atoms with Gasteiger partial charge in [-0.2, -0.15) is 0 Å². The first-order valence-corrected chi connectivity index (χ1v) is 29.6. The molecule has 72 heavy (non-hydrogen) atoms. The van der Waals surface area contributed by atoms with E-state index in [1.165, 1.54) is 77.0 Å². The zero-order chi connectivity index (χ0) is 50.2. The minimum atomic E-state index is -0.373. The van der Waals surface area contributed by atoms with Gasteiger partial charge in [-0.15, -0.1) is 0 Å². The molecule has 0 N–H and O–H groups in total. The van der Waals surface area contributed by atoms with Crippen molar-refractivity contribution in [3.05, 3.63) is 70.8 Å². The van der Waals surface area contributed by atoms with Crippen LogP contribution in [0.25, 0.3) is 0 Å². The van der Waals surface area contributed by atoms with Gasteiger partial charge in [0.05, 0.1) is 35.5 Å². The zero-order valence-electron chi connectivity index (χ0n) is 44.9. The Balaban J connectivity index is 0.780. The molecule has 18 atom stereocenters. The van der Waals surface area contributed by atoms with Crippen molar-refractivity contribution in [2.75, 3.05) is 13.2 Å². The summed E-state index contributed by atoms with van der Waals surface area (Å²) in [4.78, 5) is 54.4. The lowest BCUT2D eigenvalue weighted by molar-refractivity contribution is -0.130. The first-order valence-electron chi connectivity index (χ1n) is 29.6. The number of ether oxygens (including phenoxy) is 4. The van der Waals surface area contributed by atoms with Crippen molar-refractivity contribution in [3.63, 3.8) is 0 Å². The van der Waals surface area contributed by atoms with Gasteiger partial charge in [-0.3, -0.25) is 0 Å². The zero-order valence-corrected chi connectivity index (χ0v) is 44.9. The van der Waals surface area contributed by atoms with E-state index in [4.69, 9.17) is 18.9 Å². The van der Waals surface area contributed by atoms with E-state index in [0.717, 1.165) is 87.9 Å². The predicted octanol–water partition coefficient (Wildman–Crippen LogP) is 14.9. The molecule has 0 unspecified atom stereocenters. The van der Waals surface area contributed by atoms with E-state index in [1.54, 1.807) is 42.5 Å². The molecule has 2 aromatic carbocycles. The molecule has 8 fully saturated rings. The lowest BCUT2D eigenvalue weighted by atomic mass is 9.44. The maximum Gasteiger partial charge on any atom is 0.338 e. The van der Waals surface area contributed by atoms with Crippen molar-refractivity contribution in [1.29, 1.82) is 0 Å². The lowest BCUT2D eigenvalue weighted by Gasteiger charge is -2.61. The molecule has 8 heteroatoms. The number of esters is 4. The second-order valence-corrected chi connectivity index (χ2v) is 27.0. The molecule has 6 heterocycles. The van der Waals surface area contributed by atoms with Gasteiger partial charge in [-0.05, 0) is 270 Å². The van der Waals surface area contributed by atoms with E-state index in [9.17, 15) is 19.2 Å². The summed E-state index contributed by atoms with van der Waals surface area (Å²) >= 11 is 0. The molecule has 8 nitrogen and oxygen atoms in total. The highest BCUT2D eigenvalue weighted by Gasteiger charge is 2.62. The van der Waals surface area contributed by atoms with Crippen LogP contribution in [0.2, 0.25) is 0 Å². The highest BCUT2D eigenvalue weighted by atomic mass is 16.6. The molecular formula is C64H88O8. The molecular weight excluding hydrogens is 897 g/mol. The van der Waals surface area contributed by atoms with Gasteiger partial charge < -0.3 is 18.9 Å². The van der Waals surface area contributed by atoms with E-state index >= 15 is 0 Å². The second-order valence-electron chi connectivity index (χ2n) is 27.0. The maximum absolute atomic E-state index is 13.9. The predicted molar refractivity (Wildman–Crippen MR) is 279 cm³/mol. The summed E-state index contributed by atoms with van der Waals surface area (Å²) in [5.41, 5.74) is 2.91. The normalized spacial score (nSPS) is 44.8. The monoisotopic (exact) mass is 985 g/mol. The standard InChI is InChI=1S/C64H88O8/c1-39-11-9-33-69-57(65)41-13-7-14-42(35-41)58(66)70-34-10-12-40(2)52-22-24-54-50-20-18-46-38-48(26-30-62(46,4)56(50)28-32-64(52,54)6)72-60(68)44-16-8-15-43(36-44)59(67)71-47-25-29-61(3)45(37-47)17-19-49-53-23-21-51(39)63(53,5)31-27-55(49)61/h7-8,13-16,35-36,39-40,45-56H,9-12,17-34,37-38H2,1-6H3/t39-,40-,45+,46+,47-,48-,49+,50+,51-,52-,53+,54+,55+,56+,61+,62+,63-,64-/m1/s1. The lowest BCUT2D eigenvalue weighted by Crippen LogP contribution is -2.54. The molecule has 0 radical (unpaired) electrons. The van der Waals surface area contributed by atoms with Crippen LogP contribution in [0.5, 0.6) is 0 Å². The van der Waals surface area contributed by atoms with E-state index in [-0.39, 0.29) is 46.9 Å². The van der Waals surface area contributed by atoms with Crippen LogP contribution in [0.3, 0.4) is 0 Å². The third kappa shape index (κ3) is 8.90. The fourth-order valence-corrected chi connectivity index (χ4v) is 20.3. The molecule has 8 aliphatic carbocycles. The van der Waals surface area contributed by atoms with Crippen molar-refractivity contribution >= 4 is 23.9 Å². The minimum Gasteiger partial charge on any atom is -0.462 e. The molecule has 0 aromatic heterocycles. The smallest absolute Gasteiger partial charge is 0.338 e. The summed E-state index contributed by atoms with van der Waals surface area (Å²) in [6, 6.07) is 14.0. The Kier molecular flexibility index (Phi) is 13.9. The average Bonchev–Trinajstić information content (AvgIpc) is 3.93. The van der Waals surface area contributed by atoms with E-state index < -0.39 is 0 Å². The summed E-state index contributed by atoms with van der Waals surface area (Å²) < 4.78 is 24.4. The van der Waals surface area contributed by atoms with Crippen LogP contribution in [0.4, 0.5) is 0 Å². The first kappa shape index (κ1) is 50.5. The Morgan fingerprint density at radius 1 is 0.403 bits per heavy atom. The van der Waals surface area contributed by atoms with Gasteiger partial charge >= 0.3 is 23.9 Å². The molecule has 0 spiro atoms. The van der Waals surface area contributed by atoms with Gasteiger partial charge in [0.15, 0.2) is 0 Å². The van der Waals surface area contributed by atoms with Crippen molar-refractivity contribution < 1.29 is 38.1 Å². The van der Waals surface area contributed by atoms with Crippen molar-refractivity contribution in [1.82, 2.24) is 0 Å². The van der Waals surface area contributed by atoms with Gasteiger partial charge in [-0.1, -0.05) is 53.7 Å². The number of carbonyl (C=O) groups excluding carboxylic acids is 4. The van der Waals surface area contributed by atoms with Crippen LogP contribution in [0, 0.1) is 92.7 Å². The van der Waals surface area contributed by atoms with Crippen LogP contribution < -0.4 is 0 Å². The molecule has 392 valence electrons. The Morgan fingerprint density at radius 3 is 1.18 bits per heavy atom. The SMILES string of the molecule is C[C@@H]1CCCOC(=O)c2cccc(c2)C(=O)OCCC[C@@H](C)[C@H]2CC[C@H]3[C@@H]4CC[C@H]5C[C@@H](CC[C@]5(C)[C@H]4CC[C@]23C)OC(=O)c2cccc(c2)C(=O)O[C@@H]2CC[C@@]3(C)[C@@H](CC[C@@H]4[C@@H]3CC[C@]3(C)[C@@H]1CC[C@@H]43)C2. The summed E-state index contributed by atoms with van der Waals surface area (Å²) in [5.74, 6) is 6.62. The minimum absolute atomic E-state index is 0.0975. The Hall–Kier alpha value is -3.68. The molecule has 14 aliphatic rings. The third-order valence-electron chi connectivity index (χ3n) is 24.0. The molecule has 16 rings (SSSR count). The maximum atomic E-state index is 13.9. The number of benzene rings is 2. The van der Waals surface area contributed by atoms with Crippen molar-refractivity contribution in [3.8, 4) is 0 Å². The van der Waals surface area contributed by atoms with Crippen molar-refractivity contribution in [2.45, 2.75) is 195 Å². The van der Waals surface area contributed by atoms with E-state index in [0.29, 0.717) is 93.6 Å². The fraction of sp³-hybridized carbons (Fsp3) is 0.750. The van der Waals surface area contributed by atoms with Crippen LogP contribution in [-0.4, -0.2) is 49.3 Å². The Morgan fingerprint density at radius 2 is 0.764 bits per heavy atom. The van der Waals surface area contributed by atoms with Crippen LogP contribution >= 0.6 is 0 Å². The Bertz CT molecular complexity index is 2200. The molecule has 20 bridgehead atoms. The number of hydrogen-bond acceptors (Lipinski definition) is 8. The summed E-state index contributed by atoms with van der Waals surface area (Å²) in [5, 5.41) is 0. The van der Waals surface area contributed by atoms with Gasteiger partial charge in [0, 0.05) is 0 Å². The highest BCUT2D eigenvalue weighted by molar-refractivity contribution is 5.96. The fourth-order valence-electron chi connectivity index (χ4n) is 20.3. The quantitative estimate of drug-likeness (QED) is 0.190. The van der Waals surface area contributed by atoms with Crippen LogP contribution in [0.15, 0.2) is 48.5 Å². The van der Waals surface area contributed by atoms with E-state index in [1.807, 2.05) is 6.07 Å².